The first-order valence-corrected chi connectivity index (χ1v) is 10.1. The lowest BCUT2D eigenvalue weighted by Gasteiger charge is -2.12. The molecule has 3 aromatic rings. The van der Waals surface area contributed by atoms with Crippen LogP contribution < -0.4 is 5.32 Å². The minimum absolute atomic E-state index is 0.0438. The van der Waals surface area contributed by atoms with Gasteiger partial charge in [-0.25, -0.2) is 9.07 Å². The van der Waals surface area contributed by atoms with E-state index in [2.05, 4.69) is 16.5 Å². The Bertz CT molecular complexity index is 1000. The van der Waals surface area contributed by atoms with Crippen LogP contribution in [0.3, 0.4) is 0 Å². The van der Waals surface area contributed by atoms with Crippen molar-refractivity contribution < 1.29 is 9.18 Å². The van der Waals surface area contributed by atoms with Crippen molar-refractivity contribution in [1.29, 1.82) is 0 Å². The Morgan fingerprint density at radius 1 is 1.30 bits per heavy atom. The lowest BCUT2D eigenvalue weighted by Crippen LogP contribution is -2.24. The average molecular weight is 383 g/mol. The van der Waals surface area contributed by atoms with Gasteiger partial charge in [-0.3, -0.25) is 4.79 Å². The lowest BCUT2D eigenvalue weighted by atomic mass is 9.97. The maximum absolute atomic E-state index is 13.2. The minimum atomic E-state index is -0.279. The van der Waals surface area contributed by atoms with Crippen molar-refractivity contribution in [2.75, 3.05) is 6.54 Å². The highest BCUT2D eigenvalue weighted by atomic mass is 32.1. The molecule has 0 aliphatic heterocycles. The van der Waals surface area contributed by atoms with Crippen LogP contribution in [0.2, 0.25) is 0 Å². The number of aromatic nitrogens is 2. The number of fused-ring (bicyclic) bond motifs is 1. The molecule has 0 saturated heterocycles. The molecule has 2 heterocycles. The van der Waals surface area contributed by atoms with Crippen LogP contribution in [0.15, 0.2) is 42.0 Å². The number of thiophene rings is 1. The van der Waals surface area contributed by atoms with Crippen molar-refractivity contribution in [2.24, 2.45) is 0 Å². The number of hydrogen-bond acceptors (Lipinski definition) is 3. The predicted molar refractivity (Wildman–Crippen MR) is 107 cm³/mol. The van der Waals surface area contributed by atoms with Crippen molar-refractivity contribution in [1.82, 2.24) is 15.1 Å². The van der Waals surface area contributed by atoms with Crippen molar-refractivity contribution in [3.05, 3.63) is 58.4 Å². The van der Waals surface area contributed by atoms with E-state index in [4.69, 9.17) is 0 Å². The Morgan fingerprint density at radius 2 is 2.11 bits per heavy atom. The number of allylic oxidation sites excluding steroid dienone is 1. The highest BCUT2D eigenvalue weighted by molar-refractivity contribution is 7.20. The molecule has 0 fully saturated rings. The summed E-state index contributed by atoms with van der Waals surface area (Å²) in [5.74, 6) is -0.323. The molecule has 1 aliphatic rings. The van der Waals surface area contributed by atoms with Crippen LogP contribution in [-0.4, -0.2) is 22.2 Å². The predicted octanol–water partition coefficient (Wildman–Crippen LogP) is 5.15. The minimum Gasteiger partial charge on any atom is -0.351 e. The van der Waals surface area contributed by atoms with Crippen molar-refractivity contribution >= 4 is 27.5 Å². The summed E-state index contributed by atoms with van der Waals surface area (Å²) in [5.41, 5.74) is 3.10. The van der Waals surface area contributed by atoms with E-state index in [1.165, 1.54) is 48.3 Å². The number of nitrogens with zero attached hydrogens (tertiary/aromatic N) is 2. The fourth-order valence-corrected chi connectivity index (χ4v) is 4.57. The van der Waals surface area contributed by atoms with Gasteiger partial charge in [-0.1, -0.05) is 11.6 Å². The number of carbonyl (C=O) groups excluding carboxylic acids is 1. The van der Waals surface area contributed by atoms with E-state index in [-0.39, 0.29) is 11.7 Å². The monoisotopic (exact) mass is 383 g/mol. The summed E-state index contributed by atoms with van der Waals surface area (Å²) in [7, 11) is 0. The summed E-state index contributed by atoms with van der Waals surface area (Å²) in [6.07, 6.45) is 8.11. The van der Waals surface area contributed by atoms with E-state index in [0.717, 1.165) is 34.4 Å². The Kier molecular flexibility index (Phi) is 5.07. The molecule has 1 amide bonds. The van der Waals surface area contributed by atoms with E-state index in [1.807, 2.05) is 13.0 Å². The first-order valence-electron chi connectivity index (χ1n) is 9.33. The van der Waals surface area contributed by atoms with Gasteiger partial charge in [0, 0.05) is 11.9 Å². The molecular formula is C21H22FN3OS. The normalized spacial score (nSPS) is 14.4. The lowest BCUT2D eigenvalue weighted by molar-refractivity contribution is 0.0958. The van der Waals surface area contributed by atoms with Gasteiger partial charge < -0.3 is 5.32 Å². The Hall–Kier alpha value is -2.47. The van der Waals surface area contributed by atoms with Crippen LogP contribution in [-0.2, 0) is 0 Å². The van der Waals surface area contributed by atoms with Crippen LogP contribution >= 0.6 is 11.3 Å². The summed E-state index contributed by atoms with van der Waals surface area (Å²) in [4.78, 5) is 14.1. The third kappa shape index (κ3) is 3.81. The molecule has 6 heteroatoms. The Labute approximate surface area is 161 Å². The quantitative estimate of drug-likeness (QED) is 0.619. The number of hydrogen-bond donors (Lipinski definition) is 1. The fraction of sp³-hybridized carbons (Fsp3) is 0.333. The van der Waals surface area contributed by atoms with Gasteiger partial charge in [-0.2, -0.15) is 5.10 Å². The molecule has 1 N–H and O–H groups in total. The maximum atomic E-state index is 13.2. The van der Waals surface area contributed by atoms with E-state index in [9.17, 15) is 9.18 Å². The van der Waals surface area contributed by atoms with Gasteiger partial charge in [0.1, 0.15) is 10.6 Å². The number of benzene rings is 1. The molecule has 4 rings (SSSR count). The van der Waals surface area contributed by atoms with Crippen LogP contribution in [0.25, 0.3) is 15.9 Å². The molecular weight excluding hydrogens is 361 g/mol. The second-order valence-corrected chi connectivity index (χ2v) is 7.95. The number of rotatable bonds is 5. The summed E-state index contributed by atoms with van der Waals surface area (Å²) >= 11 is 1.42. The van der Waals surface area contributed by atoms with Crippen LogP contribution in [0.4, 0.5) is 4.39 Å². The third-order valence-corrected chi connectivity index (χ3v) is 6.07. The third-order valence-electron chi connectivity index (χ3n) is 4.96. The zero-order valence-electron chi connectivity index (χ0n) is 15.3. The van der Waals surface area contributed by atoms with Crippen molar-refractivity contribution in [3.63, 3.8) is 0 Å². The molecule has 4 nitrogen and oxygen atoms in total. The Balaban J connectivity index is 1.51. The molecule has 27 heavy (non-hydrogen) atoms. The van der Waals surface area contributed by atoms with Gasteiger partial charge in [0.05, 0.1) is 16.3 Å². The number of halogens is 1. The average Bonchev–Trinajstić information content (AvgIpc) is 3.24. The molecule has 0 saturated carbocycles. The maximum Gasteiger partial charge on any atom is 0.261 e. The van der Waals surface area contributed by atoms with Crippen molar-refractivity contribution in [2.45, 2.75) is 39.0 Å². The number of carbonyl (C=O) groups is 1. The van der Waals surface area contributed by atoms with E-state index < -0.39 is 0 Å². The van der Waals surface area contributed by atoms with E-state index >= 15 is 0 Å². The van der Waals surface area contributed by atoms with Gasteiger partial charge in [-0.15, -0.1) is 11.3 Å². The number of nitrogens with one attached hydrogen (secondary N) is 1. The molecule has 0 unspecified atom stereocenters. The molecule has 0 radical (unpaired) electrons. The summed E-state index contributed by atoms with van der Waals surface area (Å²) < 4.78 is 15.0. The van der Waals surface area contributed by atoms with E-state index in [0.29, 0.717) is 11.4 Å². The molecule has 2 aromatic heterocycles. The SMILES string of the molecule is Cc1nn(-c2ccc(F)cc2)c2sc(C(=O)NCCC3=CCCCC3)cc12. The van der Waals surface area contributed by atoms with Crippen LogP contribution in [0.1, 0.15) is 47.5 Å². The molecule has 0 atom stereocenters. The zero-order valence-corrected chi connectivity index (χ0v) is 16.1. The van der Waals surface area contributed by atoms with Gasteiger partial charge in [-0.05, 0) is 69.4 Å². The number of aryl methyl sites for hydroxylation is 1. The summed E-state index contributed by atoms with van der Waals surface area (Å²) in [6.45, 7) is 2.59. The first kappa shape index (κ1) is 17.9. The standard InChI is InChI=1S/C21H22FN3OS/c1-14-18-13-19(20(26)23-12-11-15-5-3-2-4-6-15)27-21(18)25(24-14)17-9-7-16(22)8-10-17/h5,7-10,13H,2-4,6,11-12H2,1H3,(H,23,26). The molecule has 1 aromatic carbocycles. The van der Waals surface area contributed by atoms with E-state index in [1.54, 1.807) is 16.8 Å². The zero-order chi connectivity index (χ0) is 18.8. The number of amides is 1. The first-order chi connectivity index (χ1) is 13.1. The van der Waals surface area contributed by atoms with Crippen LogP contribution in [0, 0.1) is 12.7 Å². The molecule has 0 spiro atoms. The second kappa shape index (κ2) is 7.64. The highest BCUT2D eigenvalue weighted by Gasteiger charge is 2.17. The van der Waals surface area contributed by atoms with Gasteiger partial charge in [0.15, 0.2) is 0 Å². The fourth-order valence-electron chi connectivity index (χ4n) is 3.47. The smallest absolute Gasteiger partial charge is 0.261 e. The largest absolute Gasteiger partial charge is 0.351 e. The van der Waals surface area contributed by atoms with Gasteiger partial charge >= 0.3 is 0 Å². The van der Waals surface area contributed by atoms with Gasteiger partial charge in [0.2, 0.25) is 0 Å². The molecule has 1 aliphatic carbocycles. The second-order valence-electron chi connectivity index (χ2n) is 6.92. The van der Waals surface area contributed by atoms with Crippen molar-refractivity contribution in [3.8, 4) is 5.69 Å². The van der Waals surface area contributed by atoms with Gasteiger partial charge in [0.25, 0.3) is 5.91 Å². The Morgan fingerprint density at radius 3 is 2.85 bits per heavy atom. The van der Waals surface area contributed by atoms with Crippen LogP contribution in [0.5, 0.6) is 0 Å². The summed E-state index contributed by atoms with van der Waals surface area (Å²) in [6, 6.07) is 8.12. The summed E-state index contributed by atoms with van der Waals surface area (Å²) in [5, 5.41) is 8.54. The molecule has 140 valence electrons. The topological polar surface area (TPSA) is 46.9 Å². The highest BCUT2D eigenvalue weighted by Crippen LogP contribution is 2.30. The molecule has 0 bridgehead atoms.